The van der Waals surface area contributed by atoms with Gasteiger partial charge in [0.2, 0.25) is 5.95 Å². The summed E-state index contributed by atoms with van der Waals surface area (Å²) in [5.41, 5.74) is -0.254. The molecule has 0 aliphatic heterocycles. The second kappa shape index (κ2) is 8.36. The lowest BCUT2D eigenvalue weighted by Gasteiger charge is -2.10. The normalized spacial score (nSPS) is 11.3. The molecule has 1 aromatic carbocycles. The molecule has 0 unspecified atom stereocenters. The van der Waals surface area contributed by atoms with Gasteiger partial charge in [-0.05, 0) is 24.1 Å². The van der Waals surface area contributed by atoms with Crippen LogP contribution >= 0.6 is 23.2 Å². The molecule has 0 amide bonds. The van der Waals surface area contributed by atoms with Gasteiger partial charge in [-0.2, -0.15) is 4.98 Å². The summed E-state index contributed by atoms with van der Waals surface area (Å²) in [5.74, 6) is 0.241. The standard InChI is InChI=1S/C17H19Cl2N5O4/c1-22-14-13(24(9-26)16(21-14)20-5-2-6-25)15(27)23(17(22)28)8-10-3-4-11(18)12(19)7-10/h3-4,7,25-26H,2,5-6,8-9H2,1H3,(H,20,21). The van der Waals surface area contributed by atoms with Gasteiger partial charge >= 0.3 is 5.69 Å². The lowest BCUT2D eigenvalue weighted by Crippen LogP contribution is -2.40. The molecule has 2 aromatic heterocycles. The molecule has 11 heteroatoms. The number of imidazole rings is 1. The molecule has 0 saturated carbocycles. The first-order chi connectivity index (χ1) is 13.4. The van der Waals surface area contributed by atoms with Gasteiger partial charge in [0.15, 0.2) is 11.2 Å². The minimum absolute atomic E-state index is 0.0117. The Bertz CT molecular complexity index is 1140. The molecule has 0 bridgehead atoms. The Hall–Kier alpha value is -2.33. The van der Waals surface area contributed by atoms with Gasteiger partial charge in [0.05, 0.1) is 16.6 Å². The van der Waals surface area contributed by atoms with Crippen molar-refractivity contribution in [3.05, 3.63) is 54.6 Å². The first-order valence-electron chi connectivity index (χ1n) is 8.48. The minimum atomic E-state index is -0.582. The maximum atomic E-state index is 13.0. The van der Waals surface area contributed by atoms with Crippen LogP contribution in [0.5, 0.6) is 0 Å². The molecule has 0 radical (unpaired) electrons. The van der Waals surface area contributed by atoms with Gasteiger partial charge in [-0.25, -0.2) is 4.79 Å². The predicted molar refractivity (Wildman–Crippen MR) is 107 cm³/mol. The number of hydrogen-bond acceptors (Lipinski definition) is 6. The van der Waals surface area contributed by atoms with Gasteiger partial charge in [0, 0.05) is 20.2 Å². The number of aliphatic hydroxyl groups excluding tert-OH is 2. The lowest BCUT2D eigenvalue weighted by molar-refractivity contribution is 0.216. The van der Waals surface area contributed by atoms with Crippen molar-refractivity contribution in [2.45, 2.75) is 19.7 Å². The molecular formula is C17H19Cl2N5O4. The maximum absolute atomic E-state index is 13.0. The molecule has 0 saturated heterocycles. The Morgan fingerprint density at radius 2 is 1.89 bits per heavy atom. The summed E-state index contributed by atoms with van der Waals surface area (Å²) < 4.78 is 3.59. The van der Waals surface area contributed by atoms with Crippen molar-refractivity contribution >= 4 is 40.3 Å². The fraction of sp³-hybridized carbons (Fsp3) is 0.353. The highest BCUT2D eigenvalue weighted by Crippen LogP contribution is 2.23. The van der Waals surface area contributed by atoms with Crippen LogP contribution in [0.25, 0.3) is 11.2 Å². The second-order valence-electron chi connectivity index (χ2n) is 6.16. The molecule has 28 heavy (non-hydrogen) atoms. The lowest BCUT2D eigenvalue weighted by atomic mass is 10.2. The third kappa shape index (κ3) is 3.66. The summed E-state index contributed by atoms with van der Waals surface area (Å²) in [4.78, 5) is 30.0. The fourth-order valence-electron chi connectivity index (χ4n) is 2.88. The number of hydrogen-bond donors (Lipinski definition) is 3. The van der Waals surface area contributed by atoms with Gasteiger partial charge in [-0.1, -0.05) is 29.3 Å². The zero-order chi connectivity index (χ0) is 20.4. The van der Waals surface area contributed by atoms with E-state index >= 15 is 0 Å². The van der Waals surface area contributed by atoms with Crippen molar-refractivity contribution in [1.82, 2.24) is 18.7 Å². The summed E-state index contributed by atoms with van der Waals surface area (Å²) in [6.07, 6.45) is 0.467. The topological polar surface area (TPSA) is 114 Å². The van der Waals surface area contributed by atoms with E-state index in [9.17, 15) is 14.7 Å². The number of nitrogens with zero attached hydrogens (tertiary/aromatic N) is 4. The van der Waals surface area contributed by atoms with Crippen LogP contribution in [-0.2, 0) is 20.3 Å². The molecule has 2 heterocycles. The molecular weight excluding hydrogens is 409 g/mol. The van der Waals surface area contributed by atoms with E-state index in [4.69, 9.17) is 28.3 Å². The molecule has 0 spiro atoms. The summed E-state index contributed by atoms with van der Waals surface area (Å²) in [7, 11) is 1.50. The van der Waals surface area contributed by atoms with Crippen LogP contribution in [0.4, 0.5) is 5.95 Å². The molecule has 0 atom stereocenters. The van der Waals surface area contributed by atoms with Crippen LogP contribution in [0.1, 0.15) is 12.0 Å². The smallest absolute Gasteiger partial charge is 0.332 e. The molecule has 9 nitrogen and oxygen atoms in total. The van der Waals surface area contributed by atoms with Crippen LogP contribution in [0, 0.1) is 0 Å². The molecule has 3 N–H and O–H groups in total. The highest BCUT2D eigenvalue weighted by atomic mass is 35.5. The number of halogens is 2. The average Bonchev–Trinajstić information content (AvgIpc) is 3.05. The van der Waals surface area contributed by atoms with E-state index in [1.54, 1.807) is 18.2 Å². The number of anilines is 1. The first kappa shape index (κ1) is 20.4. The Labute approximate surface area is 169 Å². The molecule has 0 aliphatic rings. The van der Waals surface area contributed by atoms with E-state index in [1.165, 1.54) is 16.2 Å². The number of aryl methyl sites for hydroxylation is 1. The number of benzene rings is 1. The summed E-state index contributed by atoms with van der Waals surface area (Å²) >= 11 is 11.9. The van der Waals surface area contributed by atoms with Crippen molar-refractivity contribution in [2.24, 2.45) is 7.05 Å². The van der Waals surface area contributed by atoms with Crippen LogP contribution in [0.15, 0.2) is 27.8 Å². The third-order valence-electron chi connectivity index (χ3n) is 4.32. The van der Waals surface area contributed by atoms with E-state index in [1.807, 2.05) is 0 Å². The third-order valence-corrected chi connectivity index (χ3v) is 5.06. The van der Waals surface area contributed by atoms with Crippen molar-refractivity contribution < 1.29 is 10.2 Å². The van der Waals surface area contributed by atoms with E-state index in [2.05, 4.69) is 10.3 Å². The molecule has 150 valence electrons. The summed E-state index contributed by atoms with van der Waals surface area (Å²) in [6.45, 7) is -0.132. The van der Waals surface area contributed by atoms with Crippen LogP contribution < -0.4 is 16.6 Å². The van der Waals surface area contributed by atoms with Crippen molar-refractivity contribution in [3.63, 3.8) is 0 Å². The molecule has 0 fully saturated rings. The fourth-order valence-corrected chi connectivity index (χ4v) is 3.20. The molecule has 3 aromatic rings. The second-order valence-corrected chi connectivity index (χ2v) is 6.98. The monoisotopic (exact) mass is 427 g/mol. The number of aliphatic hydroxyl groups is 2. The highest BCUT2D eigenvalue weighted by molar-refractivity contribution is 6.42. The average molecular weight is 428 g/mol. The Kier molecular flexibility index (Phi) is 6.09. The van der Waals surface area contributed by atoms with E-state index in [-0.39, 0.29) is 30.3 Å². The Morgan fingerprint density at radius 1 is 1.14 bits per heavy atom. The number of nitrogens with one attached hydrogen (secondary N) is 1. The predicted octanol–water partition coefficient (Wildman–Crippen LogP) is 0.996. The molecule has 3 rings (SSSR count). The Balaban J connectivity index is 2.15. The van der Waals surface area contributed by atoms with E-state index in [0.717, 1.165) is 4.57 Å². The number of rotatable bonds is 7. The van der Waals surface area contributed by atoms with Crippen LogP contribution in [0.2, 0.25) is 10.0 Å². The van der Waals surface area contributed by atoms with Gasteiger partial charge < -0.3 is 15.5 Å². The maximum Gasteiger partial charge on any atom is 0.332 e. The van der Waals surface area contributed by atoms with Gasteiger partial charge in [0.1, 0.15) is 6.73 Å². The van der Waals surface area contributed by atoms with Gasteiger partial charge in [-0.15, -0.1) is 0 Å². The number of fused-ring (bicyclic) bond motifs is 1. The van der Waals surface area contributed by atoms with E-state index < -0.39 is 18.0 Å². The number of aromatic nitrogens is 4. The first-order valence-corrected chi connectivity index (χ1v) is 9.24. The summed E-state index contributed by atoms with van der Waals surface area (Å²) in [5, 5.41) is 22.3. The highest BCUT2D eigenvalue weighted by Gasteiger charge is 2.20. The Morgan fingerprint density at radius 3 is 2.54 bits per heavy atom. The van der Waals surface area contributed by atoms with Crippen molar-refractivity contribution in [3.8, 4) is 0 Å². The zero-order valence-electron chi connectivity index (χ0n) is 15.0. The molecule has 0 aliphatic carbocycles. The van der Waals surface area contributed by atoms with E-state index in [0.29, 0.717) is 28.6 Å². The van der Waals surface area contributed by atoms with Crippen molar-refractivity contribution in [1.29, 1.82) is 0 Å². The van der Waals surface area contributed by atoms with Gasteiger partial charge in [0.25, 0.3) is 5.56 Å². The van der Waals surface area contributed by atoms with Gasteiger partial charge in [-0.3, -0.25) is 18.5 Å². The van der Waals surface area contributed by atoms with Crippen LogP contribution in [0.3, 0.4) is 0 Å². The summed E-state index contributed by atoms with van der Waals surface area (Å²) in [6, 6.07) is 4.86. The quantitative estimate of drug-likeness (QED) is 0.484. The van der Waals surface area contributed by atoms with Crippen LogP contribution in [-0.4, -0.2) is 42.0 Å². The largest absolute Gasteiger partial charge is 0.396 e. The van der Waals surface area contributed by atoms with Crippen molar-refractivity contribution in [2.75, 3.05) is 18.5 Å². The zero-order valence-corrected chi connectivity index (χ0v) is 16.5. The minimum Gasteiger partial charge on any atom is -0.396 e. The SMILES string of the molecule is Cn1c(=O)n(Cc2ccc(Cl)c(Cl)c2)c(=O)c2c1nc(NCCCO)n2CO.